The molecule has 0 saturated carbocycles. The average Bonchev–Trinajstić information content (AvgIpc) is 2.28. The Balaban J connectivity index is 2.31. The maximum absolute atomic E-state index is 5.56. The van der Waals surface area contributed by atoms with E-state index in [1.165, 1.54) is 6.42 Å². The molecule has 1 rings (SSSR count). The van der Waals surface area contributed by atoms with E-state index >= 15 is 0 Å². The topological polar surface area (TPSA) is 54.2 Å². The number of nitrogens with one attached hydrogen (secondary N) is 1. The molecule has 94 valence electrons. The van der Waals surface area contributed by atoms with E-state index in [1.54, 1.807) is 6.20 Å². The lowest BCUT2D eigenvalue weighted by Gasteiger charge is -2.10. The van der Waals surface area contributed by atoms with Gasteiger partial charge in [0.2, 0.25) is 0 Å². The monoisotopic (exact) mass is 252 g/mol. The quantitative estimate of drug-likeness (QED) is 0.568. The third-order valence-electron chi connectivity index (χ3n) is 2.38. The maximum Gasteiger partial charge on any atom is 0.126 e. The molecule has 0 aromatic carbocycles. The number of nitrogens with zero attached hydrogens (tertiary/aromatic N) is 2. The molecule has 1 heterocycles. The Labute approximate surface area is 108 Å². The van der Waals surface area contributed by atoms with Gasteiger partial charge >= 0.3 is 0 Å². The number of thiocarbonyl (C=S) groups is 1. The van der Waals surface area contributed by atoms with Crippen molar-refractivity contribution in [1.29, 1.82) is 0 Å². The van der Waals surface area contributed by atoms with E-state index in [9.17, 15) is 0 Å². The number of rotatable bonds is 7. The van der Waals surface area contributed by atoms with Gasteiger partial charge in [-0.2, -0.15) is 0 Å². The molecular weight excluding hydrogens is 232 g/mol. The summed E-state index contributed by atoms with van der Waals surface area (Å²) >= 11 is 4.92. The lowest BCUT2D eigenvalue weighted by Crippen LogP contribution is -2.14. The zero-order valence-corrected chi connectivity index (χ0v) is 11.3. The number of nitrogens with two attached hydrogens (primary N) is 1. The average molecular weight is 252 g/mol. The van der Waals surface area contributed by atoms with E-state index in [0.717, 1.165) is 30.9 Å². The van der Waals surface area contributed by atoms with E-state index in [1.807, 2.05) is 12.1 Å². The van der Waals surface area contributed by atoms with Gasteiger partial charge in [0.15, 0.2) is 0 Å². The molecule has 0 atom stereocenters. The number of aromatic nitrogens is 1. The summed E-state index contributed by atoms with van der Waals surface area (Å²) in [6.45, 7) is 2.03. The summed E-state index contributed by atoms with van der Waals surface area (Å²) in [6.07, 6.45) is 4.02. The van der Waals surface area contributed by atoms with Crippen LogP contribution in [0.15, 0.2) is 18.3 Å². The van der Waals surface area contributed by atoms with Crippen molar-refractivity contribution in [2.24, 2.45) is 5.73 Å². The normalized spacial score (nSPS) is 10.5. The van der Waals surface area contributed by atoms with Gasteiger partial charge in [0.25, 0.3) is 0 Å². The van der Waals surface area contributed by atoms with Crippen molar-refractivity contribution >= 4 is 23.0 Å². The van der Waals surface area contributed by atoms with Gasteiger partial charge in [-0.1, -0.05) is 12.2 Å². The summed E-state index contributed by atoms with van der Waals surface area (Å²) < 4.78 is 0. The second kappa shape index (κ2) is 7.19. The highest BCUT2D eigenvalue weighted by Crippen LogP contribution is 2.06. The molecule has 0 bridgehead atoms. The Hall–Kier alpha value is -1.20. The van der Waals surface area contributed by atoms with Crippen LogP contribution in [-0.4, -0.2) is 42.1 Å². The van der Waals surface area contributed by atoms with Crippen molar-refractivity contribution in [3.05, 3.63) is 23.9 Å². The van der Waals surface area contributed by atoms with Crippen LogP contribution in [0.1, 0.15) is 18.4 Å². The molecule has 4 nitrogen and oxygen atoms in total. The van der Waals surface area contributed by atoms with Gasteiger partial charge in [-0.25, -0.2) is 4.98 Å². The third kappa shape index (κ3) is 5.60. The van der Waals surface area contributed by atoms with Crippen molar-refractivity contribution in [2.75, 3.05) is 32.5 Å². The largest absolute Gasteiger partial charge is 0.389 e. The van der Waals surface area contributed by atoms with Crippen LogP contribution >= 0.6 is 12.2 Å². The van der Waals surface area contributed by atoms with Gasteiger partial charge in [-0.3, -0.25) is 0 Å². The molecule has 0 amide bonds. The van der Waals surface area contributed by atoms with Crippen LogP contribution in [0.3, 0.4) is 0 Å². The molecule has 0 aliphatic heterocycles. The summed E-state index contributed by atoms with van der Waals surface area (Å²) in [5.74, 6) is 0.833. The first kappa shape index (κ1) is 13.9. The minimum absolute atomic E-state index is 0.406. The van der Waals surface area contributed by atoms with E-state index in [-0.39, 0.29) is 0 Å². The van der Waals surface area contributed by atoms with Crippen LogP contribution in [0.2, 0.25) is 0 Å². The zero-order chi connectivity index (χ0) is 12.7. The molecule has 3 N–H and O–H groups in total. The van der Waals surface area contributed by atoms with Crippen LogP contribution in [0.5, 0.6) is 0 Å². The highest BCUT2D eigenvalue weighted by molar-refractivity contribution is 7.80. The van der Waals surface area contributed by atoms with Crippen molar-refractivity contribution in [3.63, 3.8) is 0 Å². The molecular formula is C12H20N4S. The zero-order valence-electron chi connectivity index (χ0n) is 10.4. The SMILES string of the molecule is CN(C)CCCCNc1cc(C(N)=S)ccn1. The first-order chi connectivity index (χ1) is 8.09. The first-order valence-electron chi connectivity index (χ1n) is 5.74. The number of anilines is 1. The van der Waals surface area contributed by atoms with E-state index in [0.29, 0.717) is 4.99 Å². The summed E-state index contributed by atoms with van der Waals surface area (Å²) in [5.41, 5.74) is 6.42. The van der Waals surface area contributed by atoms with Gasteiger partial charge in [0.1, 0.15) is 10.8 Å². The molecule has 0 saturated heterocycles. The van der Waals surface area contributed by atoms with Gasteiger partial charge in [0.05, 0.1) is 0 Å². The van der Waals surface area contributed by atoms with Crippen molar-refractivity contribution in [3.8, 4) is 0 Å². The predicted molar refractivity (Wildman–Crippen MR) is 76.4 cm³/mol. The highest BCUT2D eigenvalue weighted by atomic mass is 32.1. The molecule has 5 heteroatoms. The lowest BCUT2D eigenvalue weighted by atomic mass is 10.2. The summed E-state index contributed by atoms with van der Waals surface area (Å²) in [7, 11) is 4.17. The van der Waals surface area contributed by atoms with Crippen LogP contribution in [0.4, 0.5) is 5.82 Å². The third-order valence-corrected chi connectivity index (χ3v) is 2.62. The standard InChI is InChI=1S/C12H20N4S/c1-16(2)8-4-3-6-14-11-9-10(12(13)17)5-7-15-11/h5,7,9H,3-4,6,8H2,1-2H3,(H2,13,17)(H,14,15). The second-order valence-electron chi connectivity index (χ2n) is 4.23. The fourth-order valence-corrected chi connectivity index (χ4v) is 1.58. The Morgan fingerprint density at radius 3 is 2.88 bits per heavy atom. The second-order valence-corrected chi connectivity index (χ2v) is 4.67. The van der Waals surface area contributed by atoms with E-state index in [2.05, 4.69) is 29.3 Å². The molecule has 0 fully saturated rings. The molecule has 0 spiro atoms. The summed E-state index contributed by atoms with van der Waals surface area (Å²) in [6, 6.07) is 3.70. The molecule has 0 radical (unpaired) electrons. The summed E-state index contributed by atoms with van der Waals surface area (Å²) in [5, 5.41) is 3.27. The van der Waals surface area contributed by atoms with Crippen LogP contribution in [0.25, 0.3) is 0 Å². The van der Waals surface area contributed by atoms with Crippen LogP contribution < -0.4 is 11.1 Å². The Morgan fingerprint density at radius 1 is 1.47 bits per heavy atom. The number of hydrogen-bond acceptors (Lipinski definition) is 4. The Morgan fingerprint density at radius 2 is 2.24 bits per heavy atom. The first-order valence-corrected chi connectivity index (χ1v) is 6.15. The highest BCUT2D eigenvalue weighted by Gasteiger charge is 1.99. The van der Waals surface area contributed by atoms with Crippen molar-refractivity contribution in [2.45, 2.75) is 12.8 Å². The Bertz CT molecular complexity index is 365. The summed E-state index contributed by atoms with van der Waals surface area (Å²) in [4.78, 5) is 6.81. The van der Waals surface area contributed by atoms with Gasteiger partial charge in [-0.15, -0.1) is 0 Å². The fraction of sp³-hybridized carbons (Fsp3) is 0.500. The molecule has 0 aliphatic carbocycles. The van der Waals surface area contributed by atoms with E-state index < -0.39 is 0 Å². The fourth-order valence-electron chi connectivity index (χ4n) is 1.45. The molecule has 17 heavy (non-hydrogen) atoms. The minimum Gasteiger partial charge on any atom is -0.389 e. The number of unbranched alkanes of at least 4 members (excludes halogenated alkanes) is 1. The predicted octanol–water partition coefficient (Wildman–Crippen LogP) is 1.47. The molecule has 1 aromatic heterocycles. The number of pyridine rings is 1. The smallest absolute Gasteiger partial charge is 0.126 e. The van der Waals surface area contributed by atoms with Crippen molar-refractivity contribution < 1.29 is 0 Å². The van der Waals surface area contributed by atoms with Gasteiger partial charge < -0.3 is 16.0 Å². The van der Waals surface area contributed by atoms with Crippen molar-refractivity contribution in [1.82, 2.24) is 9.88 Å². The molecule has 1 aromatic rings. The lowest BCUT2D eigenvalue weighted by molar-refractivity contribution is 0.396. The van der Waals surface area contributed by atoms with Crippen LogP contribution in [-0.2, 0) is 0 Å². The van der Waals surface area contributed by atoms with E-state index in [4.69, 9.17) is 18.0 Å². The number of hydrogen-bond donors (Lipinski definition) is 2. The van der Waals surface area contributed by atoms with Crippen LogP contribution in [0, 0.1) is 0 Å². The minimum atomic E-state index is 0.406. The van der Waals surface area contributed by atoms with Gasteiger partial charge in [0, 0.05) is 18.3 Å². The molecule has 0 unspecified atom stereocenters. The molecule has 0 aliphatic rings. The Kier molecular flexibility index (Phi) is 5.86. The van der Waals surface area contributed by atoms with Gasteiger partial charge in [-0.05, 0) is 45.6 Å². The maximum atomic E-state index is 5.56.